The number of unbranched alkanes of at least 4 members (excludes halogenated alkanes) is 3. The van der Waals surface area contributed by atoms with Crippen LogP contribution in [-0.4, -0.2) is 21.3 Å². The standard InChI is InChI=1S/C13H18O4/c14-11-7-10(8-12(15)9-11)5-3-1-2-4-6-13(16)17/h7-9,14-15H,1-6H2,(H,16,17). The van der Waals surface area contributed by atoms with Crippen LogP contribution in [-0.2, 0) is 11.2 Å². The molecular weight excluding hydrogens is 220 g/mol. The Bertz CT molecular complexity index is 353. The van der Waals surface area contributed by atoms with Gasteiger partial charge in [-0.3, -0.25) is 4.79 Å². The number of rotatable bonds is 7. The second kappa shape index (κ2) is 6.78. The minimum absolute atomic E-state index is 0.0749. The molecule has 0 aliphatic heterocycles. The van der Waals surface area contributed by atoms with Gasteiger partial charge in [-0.05, 0) is 37.0 Å². The molecule has 1 aromatic rings. The van der Waals surface area contributed by atoms with Crippen LogP contribution in [0.15, 0.2) is 18.2 Å². The number of phenolic OH excluding ortho intramolecular Hbond substituents is 2. The number of aliphatic carboxylic acids is 1. The van der Waals surface area contributed by atoms with E-state index in [4.69, 9.17) is 5.11 Å². The fourth-order valence-corrected chi connectivity index (χ4v) is 1.76. The summed E-state index contributed by atoms with van der Waals surface area (Å²) in [6, 6.07) is 4.57. The topological polar surface area (TPSA) is 77.8 Å². The minimum Gasteiger partial charge on any atom is -0.508 e. The highest BCUT2D eigenvalue weighted by molar-refractivity contribution is 5.66. The maximum Gasteiger partial charge on any atom is 0.303 e. The maximum absolute atomic E-state index is 10.3. The minimum atomic E-state index is -0.747. The molecule has 1 rings (SSSR count). The molecule has 0 atom stereocenters. The van der Waals surface area contributed by atoms with Crippen molar-refractivity contribution in [3.8, 4) is 11.5 Å². The van der Waals surface area contributed by atoms with Gasteiger partial charge in [-0.1, -0.05) is 12.8 Å². The first-order valence-corrected chi connectivity index (χ1v) is 5.81. The summed E-state index contributed by atoms with van der Waals surface area (Å²) in [6.45, 7) is 0. The highest BCUT2D eigenvalue weighted by Crippen LogP contribution is 2.21. The van der Waals surface area contributed by atoms with Gasteiger partial charge in [-0.25, -0.2) is 0 Å². The average molecular weight is 238 g/mol. The van der Waals surface area contributed by atoms with E-state index in [2.05, 4.69) is 0 Å². The molecule has 1 aromatic carbocycles. The van der Waals surface area contributed by atoms with E-state index in [1.54, 1.807) is 12.1 Å². The van der Waals surface area contributed by atoms with Crippen LogP contribution in [0.4, 0.5) is 0 Å². The SMILES string of the molecule is O=C(O)CCCCCCc1cc(O)cc(O)c1. The molecule has 0 aliphatic rings. The molecule has 4 nitrogen and oxygen atoms in total. The van der Waals surface area contributed by atoms with E-state index in [1.807, 2.05) is 0 Å². The zero-order valence-corrected chi connectivity index (χ0v) is 9.72. The van der Waals surface area contributed by atoms with Crippen molar-refractivity contribution in [2.24, 2.45) is 0 Å². The number of carboxylic acids is 1. The quantitative estimate of drug-likeness (QED) is 0.638. The van der Waals surface area contributed by atoms with Crippen LogP contribution < -0.4 is 0 Å². The predicted molar refractivity (Wildman–Crippen MR) is 64.2 cm³/mol. The van der Waals surface area contributed by atoms with Crippen LogP contribution in [0.3, 0.4) is 0 Å². The molecule has 0 amide bonds. The van der Waals surface area contributed by atoms with Crippen molar-refractivity contribution in [3.63, 3.8) is 0 Å². The fourth-order valence-electron chi connectivity index (χ4n) is 1.76. The zero-order valence-electron chi connectivity index (χ0n) is 9.72. The molecule has 0 fully saturated rings. The number of benzene rings is 1. The number of aryl methyl sites for hydroxylation is 1. The van der Waals surface area contributed by atoms with Gasteiger partial charge >= 0.3 is 5.97 Å². The molecule has 0 aromatic heterocycles. The number of carbonyl (C=O) groups is 1. The van der Waals surface area contributed by atoms with Gasteiger partial charge in [0.1, 0.15) is 11.5 Å². The number of hydrogen-bond acceptors (Lipinski definition) is 3. The van der Waals surface area contributed by atoms with Crippen molar-refractivity contribution in [3.05, 3.63) is 23.8 Å². The fraction of sp³-hybridized carbons (Fsp3) is 0.462. The Hall–Kier alpha value is -1.71. The van der Waals surface area contributed by atoms with E-state index < -0.39 is 5.97 Å². The monoisotopic (exact) mass is 238 g/mol. The highest BCUT2D eigenvalue weighted by Gasteiger charge is 2.00. The lowest BCUT2D eigenvalue weighted by Gasteiger charge is -2.03. The molecule has 0 saturated heterocycles. The highest BCUT2D eigenvalue weighted by atomic mass is 16.4. The summed E-state index contributed by atoms with van der Waals surface area (Å²) in [4.78, 5) is 10.3. The summed E-state index contributed by atoms with van der Waals surface area (Å²) in [5.74, 6) is -0.598. The number of hydrogen-bond donors (Lipinski definition) is 3. The van der Waals surface area contributed by atoms with E-state index in [-0.39, 0.29) is 17.9 Å². The van der Waals surface area contributed by atoms with Crippen LogP contribution in [0.25, 0.3) is 0 Å². The summed E-state index contributed by atoms with van der Waals surface area (Å²) in [5.41, 5.74) is 0.903. The lowest BCUT2D eigenvalue weighted by atomic mass is 10.0. The van der Waals surface area contributed by atoms with E-state index in [0.717, 1.165) is 31.2 Å². The van der Waals surface area contributed by atoms with Crippen LogP contribution in [0.2, 0.25) is 0 Å². The third kappa shape index (κ3) is 5.80. The van der Waals surface area contributed by atoms with Gasteiger partial charge in [-0.15, -0.1) is 0 Å². The lowest BCUT2D eigenvalue weighted by molar-refractivity contribution is -0.137. The Morgan fingerprint density at radius 3 is 2.12 bits per heavy atom. The lowest BCUT2D eigenvalue weighted by Crippen LogP contribution is -1.94. The van der Waals surface area contributed by atoms with Gasteiger partial charge < -0.3 is 15.3 Å². The second-order valence-corrected chi connectivity index (χ2v) is 4.17. The number of carboxylic acid groups (broad SMARTS) is 1. The summed E-state index contributed by atoms with van der Waals surface area (Å²) >= 11 is 0. The molecular formula is C13H18O4. The zero-order chi connectivity index (χ0) is 12.7. The molecule has 17 heavy (non-hydrogen) atoms. The molecule has 0 unspecified atom stereocenters. The summed E-state index contributed by atoms with van der Waals surface area (Å²) < 4.78 is 0. The smallest absolute Gasteiger partial charge is 0.303 e. The average Bonchev–Trinajstić information content (AvgIpc) is 2.21. The van der Waals surface area contributed by atoms with E-state index in [9.17, 15) is 15.0 Å². The normalized spacial score (nSPS) is 10.4. The second-order valence-electron chi connectivity index (χ2n) is 4.17. The first-order valence-electron chi connectivity index (χ1n) is 5.81. The Kier molecular flexibility index (Phi) is 5.33. The van der Waals surface area contributed by atoms with Gasteiger partial charge in [0.2, 0.25) is 0 Å². The first kappa shape index (κ1) is 13.4. The van der Waals surface area contributed by atoms with Crippen molar-refractivity contribution >= 4 is 5.97 Å². The van der Waals surface area contributed by atoms with Crippen molar-refractivity contribution in [1.29, 1.82) is 0 Å². The van der Waals surface area contributed by atoms with Crippen LogP contribution in [0.5, 0.6) is 11.5 Å². The van der Waals surface area contributed by atoms with E-state index in [1.165, 1.54) is 6.07 Å². The summed E-state index contributed by atoms with van der Waals surface area (Å²) in [7, 11) is 0. The Balaban J connectivity index is 2.20. The molecule has 0 spiro atoms. The Morgan fingerprint density at radius 2 is 1.53 bits per heavy atom. The predicted octanol–water partition coefficient (Wildman–Crippen LogP) is 2.68. The molecule has 0 saturated carbocycles. The van der Waals surface area contributed by atoms with Gasteiger partial charge in [0.25, 0.3) is 0 Å². The summed E-state index contributed by atoms with van der Waals surface area (Å²) in [6.07, 6.45) is 4.52. The van der Waals surface area contributed by atoms with Gasteiger partial charge in [0.15, 0.2) is 0 Å². The molecule has 0 heterocycles. The molecule has 94 valence electrons. The van der Waals surface area contributed by atoms with Crippen LogP contribution >= 0.6 is 0 Å². The van der Waals surface area contributed by atoms with Crippen LogP contribution in [0.1, 0.15) is 37.7 Å². The molecule has 0 aliphatic carbocycles. The van der Waals surface area contributed by atoms with E-state index >= 15 is 0 Å². The van der Waals surface area contributed by atoms with E-state index in [0.29, 0.717) is 6.42 Å². The van der Waals surface area contributed by atoms with Crippen molar-refractivity contribution in [1.82, 2.24) is 0 Å². The first-order chi connectivity index (χ1) is 8.08. The largest absolute Gasteiger partial charge is 0.508 e. The van der Waals surface area contributed by atoms with Crippen molar-refractivity contribution in [2.75, 3.05) is 0 Å². The number of aromatic hydroxyl groups is 2. The Morgan fingerprint density at radius 1 is 0.941 bits per heavy atom. The van der Waals surface area contributed by atoms with Gasteiger partial charge in [0.05, 0.1) is 0 Å². The molecule has 0 radical (unpaired) electrons. The molecule has 0 bridgehead atoms. The van der Waals surface area contributed by atoms with Crippen molar-refractivity contribution in [2.45, 2.75) is 38.5 Å². The Labute approximate surface area is 101 Å². The number of phenols is 2. The van der Waals surface area contributed by atoms with Gasteiger partial charge in [0, 0.05) is 12.5 Å². The molecule has 3 N–H and O–H groups in total. The van der Waals surface area contributed by atoms with Gasteiger partial charge in [-0.2, -0.15) is 0 Å². The van der Waals surface area contributed by atoms with Crippen molar-refractivity contribution < 1.29 is 20.1 Å². The maximum atomic E-state index is 10.3. The summed E-state index contributed by atoms with van der Waals surface area (Å²) in [5, 5.41) is 27.0. The molecule has 4 heteroatoms. The third-order valence-corrected chi connectivity index (χ3v) is 2.57. The van der Waals surface area contributed by atoms with Crippen LogP contribution in [0, 0.1) is 0 Å². The third-order valence-electron chi connectivity index (χ3n) is 2.57.